The van der Waals surface area contributed by atoms with Crippen molar-refractivity contribution in [2.45, 2.75) is 18.9 Å². The Hall–Kier alpha value is -0.960. The van der Waals surface area contributed by atoms with Crippen LogP contribution in [-0.4, -0.2) is 21.2 Å². The van der Waals surface area contributed by atoms with Crippen LogP contribution in [0.3, 0.4) is 0 Å². The summed E-state index contributed by atoms with van der Waals surface area (Å²) in [5, 5.41) is 9.18. The van der Waals surface area contributed by atoms with Crippen LogP contribution in [0.5, 0.6) is 0 Å². The van der Waals surface area contributed by atoms with Crippen molar-refractivity contribution in [3.8, 4) is 0 Å². The van der Waals surface area contributed by atoms with Crippen LogP contribution in [0.15, 0.2) is 12.5 Å². The fourth-order valence-electron chi connectivity index (χ4n) is 1.29. The van der Waals surface area contributed by atoms with E-state index in [1.54, 1.807) is 6.20 Å². The Morgan fingerprint density at radius 1 is 1.50 bits per heavy atom. The van der Waals surface area contributed by atoms with Crippen LogP contribution in [0.25, 0.3) is 0 Å². The van der Waals surface area contributed by atoms with E-state index in [-0.39, 0.29) is 6.10 Å². The van der Waals surface area contributed by atoms with Gasteiger partial charge in [-0.25, -0.2) is 9.97 Å². The zero-order chi connectivity index (χ0) is 6.97. The van der Waals surface area contributed by atoms with E-state index in [2.05, 4.69) is 9.97 Å². The molecule has 1 aromatic heterocycles. The monoisotopic (exact) mass is 136 g/mol. The van der Waals surface area contributed by atoms with Gasteiger partial charge in [0.25, 0.3) is 0 Å². The first-order valence-electron chi connectivity index (χ1n) is 3.32. The maximum Gasteiger partial charge on any atom is 0.115 e. The van der Waals surface area contributed by atoms with E-state index < -0.39 is 0 Å². The van der Waals surface area contributed by atoms with E-state index in [0.717, 1.165) is 17.7 Å². The molecule has 1 heterocycles. The number of fused-ring (bicyclic) bond motifs is 1. The summed E-state index contributed by atoms with van der Waals surface area (Å²) in [5.74, 6) is 0. The molecule has 1 atom stereocenters. The van der Waals surface area contributed by atoms with Crippen LogP contribution in [0.1, 0.15) is 11.3 Å². The van der Waals surface area contributed by atoms with Gasteiger partial charge in [-0.3, -0.25) is 0 Å². The van der Waals surface area contributed by atoms with Crippen LogP contribution in [0.2, 0.25) is 0 Å². The average molecular weight is 136 g/mol. The highest BCUT2D eigenvalue weighted by molar-refractivity contribution is 5.23. The van der Waals surface area contributed by atoms with Gasteiger partial charge < -0.3 is 5.11 Å². The highest BCUT2D eigenvalue weighted by Crippen LogP contribution is 2.17. The zero-order valence-corrected chi connectivity index (χ0v) is 5.49. The lowest BCUT2D eigenvalue weighted by molar-refractivity contribution is 0.186. The molecule has 3 nitrogen and oxygen atoms in total. The molecule has 3 heteroatoms. The van der Waals surface area contributed by atoms with Gasteiger partial charge in [-0.2, -0.15) is 0 Å². The summed E-state index contributed by atoms with van der Waals surface area (Å²) in [6, 6.07) is 0. The van der Waals surface area contributed by atoms with Gasteiger partial charge in [-0.1, -0.05) is 0 Å². The Morgan fingerprint density at radius 3 is 3.20 bits per heavy atom. The van der Waals surface area contributed by atoms with Crippen LogP contribution in [-0.2, 0) is 12.8 Å². The molecule has 0 bridgehead atoms. The van der Waals surface area contributed by atoms with Gasteiger partial charge >= 0.3 is 0 Å². The Bertz CT molecular complexity index is 224. The molecular weight excluding hydrogens is 128 g/mol. The quantitative estimate of drug-likeness (QED) is 0.543. The third kappa shape index (κ3) is 0.789. The molecule has 0 amide bonds. The van der Waals surface area contributed by atoms with Crippen molar-refractivity contribution >= 4 is 0 Å². The maximum atomic E-state index is 9.18. The summed E-state index contributed by atoms with van der Waals surface area (Å²) < 4.78 is 0. The molecule has 0 aromatic carbocycles. The first-order valence-corrected chi connectivity index (χ1v) is 3.32. The van der Waals surface area contributed by atoms with E-state index in [0.29, 0.717) is 6.42 Å². The zero-order valence-electron chi connectivity index (χ0n) is 5.49. The summed E-state index contributed by atoms with van der Waals surface area (Å²) in [4.78, 5) is 7.91. The van der Waals surface area contributed by atoms with E-state index in [1.165, 1.54) is 6.33 Å². The van der Waals surface area contributed by atoms with Gasteiger partial charge in [0.1, 0.15) is 6.33 Å². The number of aliphatic hydroxyl groups excluding tert-OH is 1. The van der Waals surface area contributed by atoms with Crippen molar-refractivity contribution in [1.82, 2.24) is 9.97 Å². The third-order valence-corrected chi connectivity index (χ3v) is 1.77. The van der Waals surface area contributed by atoms with E-state index in [4.69, 9.17) is 0 Å². The number of rotatable bonds is 0. The van der Waals surface area contributed by atoms with Crippen LogP contribution >= 0.6 is 0 Å². The molecule has 1 N–H and O–H groups in total. The second-order valence-corrected chi connectivity index (χ2v) is 2.56. The third-order valence-electron chi connectivity index (χ3n) is 1.77. The van der Waals surface area contributed by atoms with Crippen LogP contribution in [0, 0.1) is 0 Å². The summed E-state index contributed by atoms with van der Waals surface area (Å²) in [6.45, 7) is 0. The molecule has 0 spiro atoms. The molecule has 1 unspecified atom stereocenters. The number of hydrogen-bond donors (Lipinski definition) is 1. The van der Waals surface area contributed by atoms with Crippen molar-refractivity contribution < 1.29 is 5.11 Å². The molecule has 1 aliphatic rings. The maximum absolute atomic E-state index is 9.18. The van der Waals surface area contributed by atoms with Gasteiger partial charge in [0.15, 0.2) is 0 Å². The largest absolute Gasteiger partial charge is 0.392 e. The SMILES string of the molecule is OC1Cc2cncnc2C1. The standard InChI is InChI=1S/C7H8N2O/c10-6-1-5-3-8-4-9-7(5)2-6/h3-4,6,10H,1-2H2. The highest BCUT2D eigenvalue weighted by Gasteiger charge is 2.19. The van der Waals surface area contributed by atoms with Crippen molar-refractivity contribution in [1.29, 1.82) is 0 Å². The second-order valence-electron chi connectivity index (χ2n) is 2.56. The number of aliphatic hydroxyl groups is 1. The predicted octanol–water partition coefficient (Wildman–Crippen LogP) is -0.0639. The topological polar surface area (TPSA) is 46.0 Å². The minimum Gasteiger partial charge on any atom is -0.392 e. The molecule has 1 aromatic rings. The fourth-order valence-corrected chi connectivity index (χ4v) is 1.29. The Kier molecular flexibility index (Phi) is 1.17. The van der Waals surface area contributed by atoms with Crippen molar-refractivity contribution in [2.75, 3.05) is 0 Å². The van der Waals surface area contributed by atoms with Crippen molar-refractivity contribution in [2.24, 2.45) is 0 Å². The Balaban J connectivity index is 2.42. The number of nitrogens with zero attached hydrogens (tertiary/aromatic N) is 2. The smallest absolute Gasteiger partial charge is 0.115 e. The number of aromatic nitrogens is 2. The normalized spacial score (nSPS) is 22.7. The summed E-state index contributed by atoms with van der Waals surface area (Å²) in [6.07, 6.45) is 4.48. The van der Waals surface area contributed by atoms with Gasteiger partial charge in [-0.15, -0.1) is 0 Å². The van der Waals surface area contributed by atoms with Gasteiger partial charge in [0.2, 0.25) is 0 Å². The molecule has 0 saturated heterocycles. The summed E-state index contributed by atoms with van der Waals surface area (Å²) in [5.41, 5.74) is 2.09. The Morgan fingerprint density at radius 2 is 2.40 bits per heavy atom. The lowest BCUT2D eigenvalue weighted by atomic mass is 10.3. The predicted molar refractivity (Wildman–Crippen MR) is 35.4 cm³/mol. The molecule has 1 aliphatic carbocycles. The van der Waals surface area contributed by atoms with Gasteiger partial charge in [0, 0.05) is 24.7 Å². The van der Waals surface area contributed by atoms with E-state index in [1.807, 2.05) is 0 Å². The Labute approximate surface area is 58.8 Å². The molecule has 0 fully saturated rings. The molecular formula is C7H8N2O. The van der Waals surface area contributed by atoms with Gasteiger partial charge in [-0.05, 0) is 5.56 Å². The van der Waals surface area contributed by atoms with Crippen LogP contribution in [0.4, 0.5) is 0 Å². The summed E-state index contributed by atoms with van der Waals surface area (Å²) >= 11 is 0. The van der Waals surface area contributed by atoms with Gasteiger partial charge in [0.05, 0.1) is 6.10 Å². The average Bonchev–Trinajstić information content (AvgIpc) is 2.27. The highest BCUT2D eigenvalue weighted by atomic mass is 16.3. The molecule has 10 heavy (non-hydrogen) atoms. The van der Waals surface area contributed by atoms with Crippen molar-refractivity contribution in [3.63, 3.8) is 0 Å². The van der Waals surface area contributed by atoms with E-state index >= 15 is 0 Å². The molecule has 0 radical (unpaired) electrons. The molecule has 0 saturated carbocycles. The summed E-state index contributed by atoms with van der Waals surface area (Å²) in [7, 11) is 0. The second kappa shape index (κ2) is 2.02. The minimum absolute atomic E-state index is 0.230. The number of hydrogen-bond acceptors (Lipinski definition) is 3. The van der Waals surface area contributed by atoms with E-state index in [9.17, 15) is 5.11 Å². The first-order chi connectivity index (χ1) is 4.86. The molecule has 0 aliphatic heterocycles. The van der Waals surface area contributed by atoms with Crippen LogP contribution < -0.4 is 0 Å². The minimum atomic E-state index is -0.230. The lowest BCUT2D eigenvalue weighted by Crippen LogP contribution is -2.03. The fraction of sp³-hybridized carbons (Fsp3) is 0.429. The molecule has 2 rings (SSSR count). The lowest BCUT2D eigenvalue weighted by Gasteiger charge is -1.92. The molecule has 52 valence electrons. The van der Waals surface area contributed by atoms with Crippen molar-refractivity contribution in [3.05, 3.63) is 23.8 Å². The first kappa shape index (κ1) is 5.80.